The number of guanidine groups is 2. The van der Waals surface area contributed by atoms with Crippen LogP contribution in [0.1, 0.15) is 44.1 Å². The Morgan fingerprint density at radius 2 is 1.19 bits per heavy atom. The number of nitrogens with zero attached hydrogens (tertiary/aromatic N) is 2. The Labute approximate surface area is 249 Å². The van der Waals surface area contributed by atoms with E-state index in [1.807, 2.05) is 0 Å². The average Bonchev–Trinajstić information content (AvgIpc) is 2.94. The van der Waals surface area contributed by atoms with Crippen molar-refractivity contribution in [3.63, 3.8) is 0 Å². The highest BCUT2D eigenvalue weighted by Gasteiger charge is 2.30. The Balaban J connectivity index is 3.05. The monoisotopic (exact) mass is 605 g/mol. The molecular formula is C26H43N11O6. The predicted molar refractivity (Wildman–Crippen MR) is 160 cm³/mol. The number of carboxylic acid groups (broad SMARTS) is 1. The van der Waals surface area contributed by atoms with E-state index in [4.69, 9.17) is 34.4 Å². The van der Waals surface area contributed by atoms with Crippen LogP contribution in [0.2, 0.25) is 0 Å². The van der Waals surface area contributed by atoms with Gasteiger partial charge in [-0.05, 0) is 37.7 Å². The molecule has 0 heterocycles. The van der Waals surface area contributed by atoms with Crippen LogP contribution in [0.3, 0.4) is 0 Å². The summed E-state index contributed by atoms with van der Waals surface area (Å²) < 4.78 is 0. The maximum absolute atomic E-state index is 13.3. The number of nitrogens with one attached hydrogen (secondary N) is 3. The zero-order chi connectivity index (χ0) is 32.4. The third-order valence-corrected chi connectivity index (χ3v) is 6.09. The number of aliphatic imine (C=N–C) groups is 2. The zero-order valence-corrected chi connectivity index (χ0v) is 23.9. The molecule has 0 spiro atoms. The third-order valence-electron chi connectivity index (χ3n) is 6.09. The van der Waals surface area contributed by atoms with Gasteiger partial charge in [0.1, 0.15) is 18.1 Å². The lowest BCUT2D eigenvalue weighted by Gasteiger charge is -2.25. The molecule has 0 saturated carbocycles. The summed E-state index contributed by atoms with van der Waals surface area (Å²) in [6.45, 7) is 0.405. The summed E-state index contributed by atoms with van der Waals surface area (Å²) in [4.78, 5) is 70.3. The molecule has 0 fully saturated rings. The third kappa shape index (κ3) is 15.6. The highest BCUT2D eigenvalue weighted by Crippen LogP contribution is 2.07. The molecule has 0 aliphatic heterocycles. The second-order valence-electron chi connectivity index (χ2n) is 9.72. The first kappa shape index (κ1) is 36.1. The van der Waals surface area contributed by atoms with Crippen molar-refractivity contribution in [2.75, 3.05) is 13.1 Å². The van der Waals surface area contributed by atoms with E-state index in [9.17, 15) is 29.1 Å². The maximum Gasteiger partial charge on any atom is 0.326 e. The summed E-state index contributed by atoms with van der Waals surface area (Å²) in [5.74, 6) is -4.54. The molecule has 1 aromatic carbocycles. The number of primary amides is 1. The molecule has 238 valence electrons. The van der Waals surface area contributed by atoms with E-state index in [-0.39, 0.29) is 63.5 Å². The van der Waals surface area contributed by atoms with Crippen molar-refractivity contribution < 1.29 is 29.1 Å². The van der Waals surface area contributed by atoms with E-state index in [2.05, 4.69) is 25.9 Å². The molecule has 0 aliphatic carbocycles. The smallest absolute Gasteiger partial charge is 0.326 e. The molecule has 1 rings (SSSR count). The van der Waals surface area contributed by atoms with Crippen LogP contribution in [0, 0.1) is 0 Å². The lowest BCUT2D eigenvalue weighted by Crippen LogP contribution is -2.57. The van der Waals surface area contributed by atoms with E-state index in [1.165, 1.54) is 0 Å². The van der Waals surface area contributed by atoms with Crippen molar-refractivity contribution in [3.8, 4) is 0 Å². The molecule has 17 heteroatoms. The molecule has 16 N–H and O–H groups in total. The number of nitrogens with two attached hydrogens (primary N) is 6. The molecule has 0 radical (unpaired) electrons. The van der Waals surface area contributed by atoms with Gasteiger partial charge in [-0.2, -0.15) is 0 Å². The largest absolute Gasteiger partial charge is 0.480 e. The van der Waals surface area contributed by atoms with Gasteiger partial charge in [-0.25, -0.2) is 4.79 Å². The van der Waals surface area contributed by atoms with E-state index in [1.54, 1.807) is 30.3 Å². The van der Waals surface area contributed by atoms with Crippen LogP contribution in [-0.4, -0.2) is 83.9 Å². The van der Waals surface area contributed by atoms with Crippen LogP contribution >= 0.6 is 0 Å². The van der Waals surface area contributed by atoms with Crippen LogP contribution in [0.25, 0.3) is 0 Å². The van der Waals surface area contributed by atoms with Gasteiger partial charge in [0.15, 0.2) is 11.9 Å². The number of hydrogen-bond donors (Lipinski definition) is 10. The van der Waals surface area contributed by atoms with Crippen molar-refractivity contribution in [1.29, 1.82) is 0 Å². The Kier molecular flexibility index (Phi) is 16.1. The fourth-order valence-electron chi connectivity index (χ4n) is 3.85. The van der Waals surface area contributed by atoms with Crippen LogP contribution in [-0.2, 0) is 30.4 Å². The van der Waals surface area contributed by atoms with Crippen molar-refractivity contribution in [2.24, 2.45) is 44.4 Å². The number of benzene rings is 1. The first-order valence-electron chi connectivity index (χ1n) is 13.6. The summed E-state index contributed by atoms with van der Waals surface area (Å²) in [7, 11) is 0. The molecule has 17 nitrogen and oxygen atoms in total. The van der Waals surface area contributed by atoms with Gasteiger partial charge in [0.05, 0.1) is 6.04 Å². The zero-order valence-electron chi connectivity index (χ0n) is 23.9. The molecule has 1 aromatic rings. The first-order valence-corrected chi connectivity index (χ1v) is 13.6. The molecule has 0 unspecified atom stereocenters. The topological polar surface area (TPSA) is 323 Å². The van der Waals surface area contributed by atoms with Crippen LogP contribution in [0.15, 0.2) is 40.3 Å². The molecule has 4 atom stereocenters. The minimum absolute atomic E-state index is 0.0249. The van der Waals surface area contributed by atoms with E-state index in [0.717, 1.165) is 0 Å². The average molecular weight is 606 g/mol. The van der Waals surface area contributed by atoms with Crippen molar-refractivity contribution in [3.05, 3.63) is 35.9 Å². The molecule has 0 aliphatic rings. The molecule has 0 saturated heterocycles. The van der Waals surface area contributed by atoms with Gasteiger partial charge >= 0.3 is 5.97 Å². The molecule has 0 aromatic heterocycles. The highest BCUT2D eigenvalue weighted by atomic mass is 16.4. The van der Waals surface area contributed by atoms with Gasteiger partial charge in [-0.1, -0.05) is 30.3 Å². The predicted octanol–water partition coefficient (Wildman–Crippen LogP) is -3.53. The lowest BCUT2D eigenvalue weighted by atomic mass is 10.0. The highest BCUT2D eigenvalue weighted by molar-refractivity contribution is 5.94. The number of aliphatic carboxylic acids is 1. The van der Waals surface area contributed by atoms with E-state index < -0.39 is 53.8 Å². The van der Waals surface area contributed by atoms with Crippen molar-refractivity contribution in [2.45, 2.75) is 69.1 Å². The minimum atomic E-state index is -1.34. The summed E-state index contributed by atoms with van der Waals surface area (Å²) >= 11 is 0. The summed E-state index contributed by atoms with van der Waals surface area (Å²) in [5.41, 5.74) is 33.1. The lowest BCUT2D eigenvalue weighted by molar-refractivity contribution is -0.142. The Hall–Kier alpha value is -4.93. The molecule has 4 amide bonds. The Morgan fingerprint density at radius 3 is 1.70 bits per heavy atom. The van der Waals surface area contributed by atoms with Crippen LogP contribution in [0.4, 0.5) is 0 Å². The number of carboxylic acids is 1. The molecule has 43 heavy (non-hydrogen) atoms. The molecule has 0 bridgehead atoms. The van der Waals surface area contributed by atoms with E-state index >= 15 is 0 Å². The second-order valence-corrected chi connectivity index (χ2v) is 9.72. The van der Waals surface area contributed by atoms with Crippen molar-refractivity contribution in [1.82, 2.24) is 16.0 Å². The Morgan fingerprint density at radius 1 is 0.698 bits per heavy atom. The van der Waals surface area contributed by atoms with Crippen LogP contribution < -0.4 is 50.4 Å². The van der Waals surface area contributed by atoms with Gasteiger partial charge in [0, 0.05) is 25.9 Å². The quantitative estimate of drug-likeness (QED) is 0.0394. The summed E-state index contributed by atoms with van der Waals surface area (Å²) in [5, 5.41) is 17.2. The summed E-state index contributed by atoms with van der Waals surface area (Å²) in [6, 6.07) is 3.79. The first-order chi connectivity index (χ1) is 20.3. The number of amides is 4. The van der Waals surface area contributed by atoms with Gasteiger partial charge in [0.25, 0.3) is 0 Å². The normalized spacial score (nSPS) is 13.3. The minimum Gasteiger partial charge on any atom is -0.480 e. The fourth-order valence-corrected chi connectivity index (χ4v) is 3.85. The number of carbonyl (C=O) groups excluding carboxylic acids is 4. The van der Waals surface area contributed by atoms with Gasteiger partial charge in [-0.3, -0.25) is 29.2 Å². The van der Waals surface area contributed by atoms with E-state index in [0.29, 0.717) is 12.0 Å². The SMILES string of the molecule is NC(=O)CC[C@@H](NC(=O)[C@H](CCCN=C(N)N)NC(=O)[C@H](N)CCCN=C(N)N)C(=O)N[C@@H](Cc1ccccc1)C(=O)O. The number of carbonyl (C=O) groups is 5. The van der Waals surface area contributed by atoms with Crippen molar-refractivity contribution >= 4 is 41.5 Å². The standard InChI is InChI=1S/C26H43N11O6/c27-16(8-4-12-33-25(29)30)21(39)35-17(9-5-13-34-26(31)32)22(40)36-18(10-11-20(28)38)23(41)37-19(24(42)43)14-15-6-2-1-3-7-15/h1-3,6-7,16-19H,4-5,8-14,27H2,(H2,28,38)(H,35,39)(H,36,40)(H,37,41)(H,42,43)(H4,29,30,33)(H4,31,32,34)/t16-,17+,18-,19+/m1/s1. The van der Waals surface area contributed by atoms with Gasteiger partial charge < -0.3 is 55.5 Å². The molecular weight excluding hydrogens is 562 g/mol. The number of hydrogen-bond acceptors (Lipinski definition) is 8. The van der Waals surface area contributed by atoms with Gasteiger partial charge in [-0.15, -0.1) is 0 Å². The maximum atomic E-state index is 13.3. The summed E-state index contributed by atoms with van der Waals surface area (Å²) in [6.07, 6.45) is 0.421. The van der Waals surface area contributed by atoms with Crippen LogP contribution in [0.5, 0.6) is 0 Å². The Bertz CT molecular complexity index is 1140. The fraction of sp³-hybridized carbons (Fsp3) is 0.500. The van der Waals surface area contributed by atoms with Gasteiger partial charge in [0.2, 0.25) is 23.6 Å². The number of rotatable bonds is 20. The second kappa shape index (κ2) is 19.2.